The van der Waals surface area contributed by atoms with Gasteiger partial charge in [0.2, 0.25) is 0 Å². The van der Waals surface area contributed by atoms with Crippen LogP contribution in [0.3, 0.4) is 0 Å². The zero-order chi connectivity index (χ0) is 12.9. The van der Waals surface area contributed by atoms with Crippen molar-refractivity contribution in [2.75, 3.05) is 7.11 Å². The second-order valence-electron chi connectivity index (χ2n) is 2.23. The van der Waals surface area contributed by atoms with E-state index in [-0.39, 0.29) is 0 Å². The van der Waals surface area contributed by atoms with Gasteiger partial charge in [0.05, 0.1) is 0 Å². The zero-order valence-electron chi connectivity index (χ0n) is 7.85. The van der Waals surface area contributed by atoms with E-state index < -0.39 is 34.4 Å². The van der Waals surface area contributed by atoms with Crippen LogP contribution in [0.25, 0.3) is 0 Å². The van der Waals surface area contributed by atoms with Crippen molar-refractivity contribution in [3.63, 3.8) is 0 Å². The first-order valence-electron chi connectivity index (χ1n) is 3.65. The summed E-state index contributed by atoms with van der Waals surface area (Å²) in [5.74, 6) is -7.43. The molecule has 0 aliphatic heterocycles. The lowest BCUT2D eigenvalue weighted by Gasteiger charge is -2.01. The molecule has 1 aromatic rings. The molecule has 0 unspecified atom stereocenters. The Labute approximate surface area is 87.8 Å². The van der Waals surface area contributed by atoms with E-state index in [0.717, 1.165) is 19.2 Å². The third kappa shape index (κ3) is 2.10. The van der Waals surface area contributed by atoms with E-state index in [4.69, 9.17) is 15.6 Å². The van der Waals surface area contributed by atoms with Crippen LogP contribution in [0.5, 0.6) is 0 Å². The predicted octanol–water partition coefficient (Wildman–Crippen LogP) is 1.59. The first-order valence-corrected chi connectivity index (χ1v) is 3.65. The highest BCUT2D eigenvalue weighted by molar-refractivity contribution is 5.42. The number of benzene rings is 1. The standard InChI is InChI=1S/C8F4N2.CH4O/c9-5-3(1-13)6(10)8(12)4(2-14)7(5)11;1-2/h;2H,1H3. The van der Waals surface area contributed by atoms with Gasteiger partial charge in [-0.25, -0.2) is 17.6 Å². The largest absolute Gasteiger partial charge is 0.400 e. The molecule has 84 valence electrons. The number of hydrogen-bond acceptors (Lipinski definition) is 3. The summed E-state index contributed by atoms with van der Waals surface area (Å²) in [7, 11) is 1.00. The van der Waals surface area contributed by atoms with E-state index in [0.29, 0.717) is 0 Å². The maximum atomic E-state index is 12.7. The van der Waals surface area contributed by atoms with Crippen molar-refractivity contribution in [3.8, 4) is 12.1 Å². The summed E-state index contributed by atoms with van der Waals surface area (Å²) in [5, 5.41) is 23.3. The van der Waals surface area contributed by atoms with Crippen LogP contribution in [0.15, 0.2) is 0 Å². The number of aliphatic hydroxyl groups excluding tert-OH is 1. The smallest absolute Gasteiger partial charge is 0.181 e. The van der Waals surface area contributed by atoms with Gasteiger partial charge in [0, 0.05) is 7.11 Å². The molecule has 0 bridgehead atoms. The van der Waals surface area contributed by atoms with Crippen LogP contribution in [0.2, 0.25) is 0 Å². The minimum atomic E-state index is -1.86. The Hall–Kier alpha value is -2.12. The number of aliphatic hydroxyl groups is 1. The van der Waals surface area contributed by atoms with Crippen LogP contribution in [-0.2, 0) is 0 Å². The summed E-state index contributed by atoms with van der Waals surface area (Å²) in [6.07, 6.45) is 0. The van der Waals surface area contributed by atoms with E-state index >= 15 is 0 Å². The van der Waals surface area contributed by atoms with Gasteiger partial charge < -0.3 is 5.11 Å². The number of halogens is 4. The summed E-state index contributed by atoms with van der Waals surface area (Å²) in [5.41, 5.74) is -2.75. The van der Waals surface area contributed by atoms with Gasteiger partial charge >= 0.3 is 0 Å². The van der Waals surface area contributed by atoms with Crippen LogP contribution >= 0.6 is 0 Å². The van der Waals surface area contributed by atoms with E-state index in [9.17, 15) is 17.6 Å². The number of nitriles is 2. The minimum absolute atomic E-state index is 0.957. The van der Waals surface area contributed by atoms with Gasteiger partial charge in [0.15, 0.2) is 23.3 Å². The fourth-order valence-electron chi connectivity index (χ4n) is 0.828. The fraction of sp³-hybridized carbons (Fsp3) is 0.111. The van der Waals surface area contributed by atoms with Gasteiger partial charge in [0.1, 0.15) is 23.3 Å². The molecule has 0 amide bonds. The van der Waals surface area contributed by atoms with Crippen LogP contribution in [0.4, 0.5) is 17.6 Å². The van der Waals surface area contributed by atoms with Crippen molar-refractivity contribution in [2.45, 2.75) is 0 Å². The molecule has 0 fully saturated rings. The topological polar surface area (TPSA) is 67.8 Å². The van der Waals surface area contributed by atoms with Crippen LogP contribution in [0.1, 0.15) is 11.1 Å². The molecule has 0 radical (unpaired) electrons. The van der Waals surface area contributed by atoms with Crippen molar-refractivity contribution >= 4 is 0 Å². The van der Waals surface area contributed by atoms with Crippen LogP contribution in [-0.4, -0.2) is 12.2 Å². The Morgan fingerprint density at radius 2 is 0.938 bits per heavy atom. The average Bonchev–Trinajstić information content (AvgIpc) is 2.31. The molecule has 0 aromatic heterocycles. The molecule has 0 atom stereocenters. The second-order valence-corrected chi connectivity index (χ2v) is 2.23. The minimum Gasteiger partial charge on any atom is -0.400 e. The molecule has 3 nitrogen and oxygen atoms in total. The lowest BCUT2D eigenvalue weighted by molar-refractivity contribution is 0.399. The quantitative estimate of drug-likeness (QED) is 0.545. The molecule has 1 rings (SSSR count). The highest BCUT2D eigenvalue weighted by Gasteiger charge is 2.24. The number of rotatable bonds is 0. The average molecular weight is 232 g/mol. The Bertz CT molecular complexity index is 414. The maximum Gasteiger partial charge on any atom is 0.181 e. The van der Waals surface area contributed by atoms with Crippen molar-refractivity contribution in [1.82, 2.24) is 0 Å². The van der Waals surface area contributed by atoms with Crippen molar-refractivity contribution < 1.29 is 22.7 Å². The van der Waals surface area contributed by atoms with E-state index in [1.807, 2.05) is 0 Å². The van der Waals surface area contributed by atoms with Gasteiger partial charge in [-0.3, -0.25) is 0 Å². The highest BCUT2D eigenvalue weighted by atomic mass is 19.2. The lowest BCUT2D eigenvalue weighted by atomic mass is 10.1. The third-order valence-electron chi connectivity index (χ3n) is 1.49. The first-order chi connectivity index (χ1) is 7.54. The SMILES string of the molecule is CO.N#Cc1c(F)c(F)c(C#N)c(F)c1F. The highest BCUT2D eigenvalue weighted by Crippen LogP contribution is 2.22. The molecule has 16 heavy (non-hydrogen) atoms. The molecule has 0 aliphatic rings. The Kier molecular flexibility index (Phi) is 4.93. The molecule has 0 spiro atoms. The summed E-state index contributed by atoms with van der Waals surface area (Å²) < 4.78 is 50.9. The van der Waals surface area contributed by atoms with Gasteiger partial charge in [0.25, 0.3) is 0 Å². The molecule has 1 aromatic carbocycles. The molecule has 1 N–H and O–H groups in total. The fourth-order valence-corrected chi connectivity index (χ4v) is 0.828. The lowest BCUT2D eigenvalue weighted by Crippen LogP contribution is -2.04. The summed E-state index contributed by atoms with van der Waals surface area (Å²) in [6.45, 7) is 0. The number of nitrogens with zero attached hydrogens (tertiary/aromatic N) is 2. The van der Waals surface area contributed by atoms with Gasteiger partial charge in [-0.1, -0.05) is 0 Å². The molecule has 0 saturated carbocycles. The first kappa shape index (κ1) is 13.9. The molecule has 0 aliphatic carbocycles. The Morgan fingerprint density at radius 3 is 1.06 bits per heavy atom. The summed E-state index contributed by atoms with van der Waals surface area (Å²) in [4.78, 5) is 0. The summed E-state index contributed by atoms with van der Waals surface area (Å²) >= 11 is 0. The van der Waals surface area contributed by atoms with Crippen LogP contribution in [0, 0.1) is 45.9 Å². The van der Waals surface area contributed by atoms with E-state index in [1.165, 1.54) is 0 Å². The Morgan fingerprint density at radius 1 is 0.750 bits per heavy atom. The van der Waals surface area contributed by atoms with Gasteiger partial charge in [-0.2, -0.15) is 10.5 Å². The van der Waals surface area contributed by atoms with Crippen molar-refractivity contribution in [3.05, 3.63) is 34.4 Å². The summed E-state index contributed by atoms with van der Waals surface area (Å²) in [6, 6.07) is 1.91. The van der Waals surface area contributed by atoms with E-state index in [1.54, 1.807) is 0 Å². The third-order valence-corrected chi connectivity index (χ3v) is 1.49. The monoisotopic (exact) mass is 232 g/mol. The van der Waals surface area contributed by atoms with Gasteiger partial charge in [-0.15, -0.1) is 0 Å². The van der Waals surface area contributed by atoms with Gasteiger partial charge in [-0.05, 0) is 0 Å². The van der Waals surface area contributed by atoms with Crippen LogP contribution < -0.4 is 0 Å². The predicted molar refractivity (Wildman–Crippen MR) is 43.8 cm³/mol. The van der Waals surface area contributed by atoms with E-state index in [2.05, 4.69) is 0 Å². The molecule has 0 saturated heterocycles. The normalized spacial score (nSPS) is 8.50. The molecular weight excluding hydrogens is 228 g/mol. The molecular formula is C9H4F4N2O. The van der Waals surface area contributed by atoms with Crippen molar-refractivity contribution in [1.29, 1.82) is 10.5 Å². The number of hydrogen-bond donors (Lipinski definition) is 1. The zero-order valence-corrected chi connectivity index (χ0v) is 7.85. The maximum absolute atomic E-state index is 12.7. The molecule has 0 heterocycles. The molecule has 7 heteroatoms. The van der Waals surface area contributed by atoms with Crippen molar-refractivity contribution in [2.24, 2.45) is 0 Å². The Balaban J connectivity index is 0.00000106. The second kappa shape index (κ2) is 5.69.